The van der Waals surface area contributed by atoms with Gasteiger partial charge < -0.3 is 74.4 Å². The molecule has 0 aromatic heterocycles. The van der Waals surface area contributed by atoms with Gasteiger partial charge in [-0.3, -0.25) is 76.7 Å². The highest BCUT2D eigenvalue weighted by molar-refractivity contribution is 6.41. The Bertz CT molecular complexity index is 2880. The molecule has 0 radical (unpaired) electrons. The largest absolute Gasteiger partial charge is 0.353 e. The van der Waals surface area contributed by atoms with Gasteiger partial charge in [0.25, 0.3) is 35.4 Å². The zero-order chi connectivity index (χ0) is 97.1. The van der Waals surface area contributed by atoms with Crippen molar-refractivity contribution in [1.29, 1.82) is 0 Å². The van der Waals surface area contributed by atoms with Crippen LogP contribution in [0.25, 0.3) is 0 Å². The Balaban J connectivity index is -0.000000315. The first-order chi connectivity index (χ1) is 55.5. The molecule has 0 saturated heterocycles. The number of Topliss-reactive ketones (excluding diaryl/α,β-unsaturated/α-hetero) is 10. The van der Waals surface area contributed by atoms with Crippen molar-refractivity contribution in [2.45, 2.75) is 469 Å². The summed E-state index contributed by atoms with van der Waals surface area (Å²) in [4.78, 5) is 184. The summed E-state index contributed by atoms with van der Waals surface area (Å²) in [7, 11) is 5.89. The molecule has 712 valence electrons. The third-order valence-electron chi connectivity index (χ3n) is 16.8. The van der Waals surface area contributed by atoms with Gasteiger partial charge in [-0.25, -0.2) is 0 Å². The number of hydrogen-bond donors (Lipinski definition) is 14. The third kappa shape index (κ3) is 69.5. The predicted molar refractivity (Wildman–Crippen MR) is 493 cm³/mol. The quantitative estimate of drug-likeness (QED) is 0.0253. The monoisotopic (exact) mass is 1740 g/mol. The molecule has 30 heteroatoms. The van der Waals surface area contributed by atoms with Crippen molar-refractivity contribution in [2.75, 3.05) is 28.2 Å². The van der Waals surface area contributed by atoms with E-state index in [1.807, 2.05) is 222 Å². The number of rotatable bonds is 42. The summed E-state index contributed by atoms with van der Waals surface area (Å²) in [5.41, 5.74) is -1.24. The molecule has 14 N–H and O–H groups in total. The molecule has 2 saturated carbocycles. The van der Waals surface area contributed by atoms with Gasteiger partial charge in [-0.05, 0) is 243 Å². The van der Waals surface area contributed by atoms with Crippen LogP contribution in [0.2, 0.25) is 0 Å². The van der Waals surface area contributed by atoms with Crippen LogP contribution in [0.5, 0.6) is 0 Å². The van der Waals surface area contributed by atoms with Crippen molar-refractivity contribution in [3.8, 4) is 0 Å². The van der Waals surface area contributed by atoms with E-state index in [9.17, 15) is 76.7 Å². The second-order valence-corrected chi connectivity index (χ2v) is 39.7. The van der Waals surface area contributed by atoms with E-state index in [1.165, 1.54) is 42.0 Å². The number of amides is 6. The fourth-order valence-corrected chi connectivity index (χ4v) is 11.5. The van der Waals surface area contributed by atoms with E-state index < -0.39 is 35.4 Å². The number of carbonyl (C=O) groups excluding carboxylic acids is 16. The summed E-state index contributed by atoms with van der Waals surface area (Å²) >= 11 is 0. The predicted octanol–water partition coefficient (Wildman–Crippen LogP) is 9.62. The smallest absolute Gasteiger partial charge is 0.289 e. The first-order valence-corrected chi connectivity index (χ1v) is 44.5. The van der Waals surface area contributed by atoms with Crippen LogP contribution in [0, 0.1) is 0 Å². The highest BCUT2D eigenvalue weighted by Crippen LogP contribution is 2.21. The van der Waals surface area contributed by atoms with Crippen LogP contribution in [-0.4, -0.2) is 226 Å². The first-order valence-electron chi connectivity index (χ1n) is 44.5. The SMILES string of the molecule is CCCC(NC(C)(C)C)C(=O)C(=O)NC.CCCC(NC(C)(C)C)C(=O)C(=O)NC.CCCC(NC(C)(C)C)C(=O)C(=O)NC1CC1.CCCC(NC(C)(C)C)C(=O)C(C)=O.CCC[C@H](NC(C)(C)C)C(=O)C(=O)NC.CCC[C@H](NC(C)(C)C)C(=O)C(=O)NC.CCC[C@H](NC(C)(C)C)C(=O)C(=O)NC1CC1.CCC[C@H](NC(C)(C)C)C(=O)C(C)=O. The van der Waals surface area contributed by atoms with Gasteiger partial charge in [-0.1, -0.05) is 107 Å². The number of nitrogens with one attached hydrogen (secondary N) is 14. The molecule has 2 fully saturated rings. The van der Waals surface area contributed by atoms with Crippen molar-refractivity contribution < 1.29 is 76.7 Å². The van der Waals surface area contributed by atoms with Crippen LogP contribution in [-0.2, 0) is 76.7 Å². The van der Waals surface area contributed by atoms with Gasteiger partial charge in [-0.15, -0.1) is 0 Å². The molecule has 8 atom stereocenters. The molecule has 30 nitrogen and oxygen atoms in total. The van der Waals surface area contributed by atoms with Gasteiger partial charge in [0.15, 0.2) is 11.6 Å². The van der Waals surface area contributed by atoms with E-state index in [0.29, 0.717) is 38.5 Å². The molecule has 0 heterocycles. The van der Waals surface area contributed by atoms with Gasteiger partial charge in [-0.2, -0.15) is 0 Å². The Labute approximate surface area is 737 Å². The van der Waals surface area contributed by atoms with Gasteiger partial charge >= 0.3 is 0 Å². The van der Waals surface area contributed by atoms with Gasteiger partial charge in [0, 0.05) is 98.4 Å². The summed E-state index contributed by atoms with van der Waals surface area (Å²) in [6, 6.07) is -2.41. The van der Waals surface area contributed by atoms with Crippen LogP contribution in [0.1, 0.15) is 364 Å². The molecule has 0 spiro atoms. The zero-order valence-electron chi connectivity index (χ0n) is 83.4. The maximum absolute atomic E-state index is 12.0. The Kier molecular flexibility index (Phi) is 64.4. The molecule has 0 bridgehead atoms. The maximum atomic E-state index is 12.0. The average molecular weight is 1740 g/mol. The van der Waals surface area contributed by atoms with Crippen LogP contribution in [0.15, 0.2) is 0 Å². The Morgan fingerprint density at radius 3 is 0.418 bits per heavy atom. The van der Waals surface area contributed by atoms with Crippen LogP contribution >= 0.6 is 0 Å². The molecular formula is C92H178N14O16. The topological polar surface area (TPSA) is 442 Å². The summed E-state index contributed by atoms with van der Waals surface area (Å²) < 4.78 is 0. The molecule has 0 aliphatic heterocycles. The number of likely N-dealkylation sites (N-methyl/N-ethyl adjacent to an activating group) is 4. The normalized spacial score (nSPS) is 14.7. The Hall–Kier alpha value is -6.80. The summed E-state index contributed by atoms with van der Waals surface area (Å²) in [6.45, 7) is 66.4. The van der Waals surface area contributed by atoms with Crippen molar-refractivity contribution in [2.24, 2.45) is 0 Å². The minimum absolute atomic E-state index is 0.134. The lowest BCUT2D eigenvalue weighted by atomic mass is 10.00. The fraction of sp³-hybridized carbons (Fsp3) is 0.826. The average Bonchev–Trinajstić information content (AvgIpc) is 1.74. The van der Waals surface area contributed by atoms with E-state index in [-0.39, 0.29) is 163 Å². The maximum Gasteiger partial charge on any atom is 0.289 e. The van der Waals surface area contributed by atoms with Crippen molar-refractivity contribution in [3.63, 3.8) is 0 Å². The highest BCUT2D eigenvalue weighted by atomic mass is 16.2. The van der Waals surface area contributed by atoms with Crippen LogP contribution in [0.4, 0.5) is 0 Å². The molecule has 0 aromatic rings. The second kappa shape index (κ2) is 62.4. The molecule has 122 heavy (non-hydrogen) atoms. The Morgan fingerprint density at radius 2 is 0.328 bits per heavy atom. The van der Waals surface area contributed by atoms with Crippen LogP contribution in [0.3, 0.4) is 0 Å². The van der Waals surface area contributed by atoms with Crippen molar-refractivity contribution in [1.82, 2.24) is 74.4 Å². The zero-order valence-corrected chi connectivity index (χ0v) is 83.4. The molecule has 0 aromatic carbocycles. The van der Waals surface area contributed by atoms with Crippen LogP contribution < -0.4 is 74.4 Å². The highest BCUT2D eigenvalue weighted by Gasteiger charge is 2.36. The van der Waals surface area contributed by atoms with E-state index in [2.05, 4.69) is 74.4 Å². The first kappa shape index (κ1) is 126. The van der Waals surface area contributed by atoms with E-state index in [1.54, 1.807) is 0 Å². The Morgan fingerprint density at radius 1 is 0.213 bits per heavy atom. The second-order valence-electron chi connectivity index (χ2n) is 39.7. The fourth-order valence-electron chi connectivity index (χ4n) is 11.5. The summed E-state index contributed by atoms with van der Waals surface area (Å²) in [6.07, 6.45) is 16.6. The minimum atomic E-state index is -0.523. The number of ketones is 10. The number of carbonyl (C=O) groups is 16. The van der Waals surface area contributed by atoms with Gasteiger partial charge in [0.2, 0.25) is 46.3 Å². The molecule has 2 rings (SSSR count). The molecule has 4 unspecified atom stereocenters. The molecule has 2 aliphatic rings. The minimum Gasteiger partial charge on any atom is -0.353 e. The molecule has 6 amide bonds. The summed E-state index contributed by atoms with van der Waals surface area (Å²) in [5, 5.41) is 40.4. The van der Waals surface area contributed by atoms with E-state index in [0.717, 1.165) is 89.9 Å². The van der Waals surface area contributed by atoms with E-state index in [4.69, 9.17) is 0 Å². The van der Waals surface area contributed by atoms with E-state index >= 15 is 0 Å². The standard InChI is InChI=1S/2C13H24N2O2.4C11H22N2O2.2C11H21NO2/c2*1-5-6-10(15-13(2,3)4)11(16)12(17)14-9-7-8-9;4*1-6-7-8(13-11(2,3)4)9(14)10(15)12-5;2*1-6-7-9(10(14)8(2)13)12-11(3,4)5/h2*9-10,15H,5-8H2,1-4H3,(H,14,17);4*8,13H,6-7H2,1-5H3,(H,12,15);2*9,12H,6-7H2,1-5H3/t10-;;2*8-;;;9-;/m0.00..0./s1. The third-order valence-corrected chi connectivity index (χ3v) is 16.8. The lowest BCUT2D eigenvalue weighted by Crippen LogP contribution is -2.52. The summed E-state index contributed by atoms with van der Waals surface area (Å²) in [5.74, 6) is -6.45. The van der Waals surface area contributed by atoms with Gasteiger partial charge in [0.1, 0.15) is 0 Å². The van der Waals surface area contributed by atoms with Crippen molar-refractivity contribution in [3.05, 3.63) is 0 Å². The molecular weight excluding hydrogens is 1560 g/mol. The molecule has 2 aliphatic carbocycles. The lowest BCUT2D eigenvalue weighted by molar-refractivity contribution is -0.139. The lowest BCUT2D eigenvalue weighted by Gasteiger charge is -2.27. The van der Waals surface area contributed by atoms with Gasteiger partial charge in [0.05, 0.1) is 48.3 Å². The van der Waals surface area contributed by atoms with Crippen molar-refractivity contribution >= 4 is 93.3 Å². The number of hydrogen-bond acceptors (Lipinski definition) is 24.